The van der Waals surface area contributed by atoms with Crippen molar-refractivity contribution in [3.63, 3.8) is 0 Å². The highest BCUT2D eigenvalue weighted by Crippen LogP contribution is 2.19. The number of amides is 1. The fourth-order valence-electron chi connectivity index (χ4n) is 1.51. The van der Waals surface area contributed by atoms with Crippen LogP contribution in [0.15, 0.2) is 18.2 Å². The van der Waals surface area contributed by atoms with Crippen LogP contribution in [0.3, 0.4) is 0 Å². The summed E-state index contributed by atoms with van der Waals surface area (Å²) in [5.74, 6) is 0.380. The van der Waals surface area contributed by atoms with Crippen molar-refractivity contribution in [1.29, 1.82) is 0 Å². The second-order valence-corrected chi connectivity index (χ2v) is 3.75. The topological polar surface area (TPSA) is 78.3 Å². The van der Waals surface area contributed by atoms with Crippen molar-refractivity contribution in [2.45, 2.75) is 26.3 Å². The number of primary amides is 1. The van der Waals surface area contributed by atoms with E-state index < -0.39 is 11.9 Å². The molecule has 0 aliphatic heterocycles. The molecule has 4 N–H and O–H groups in total. The maximum Gasteiger partial charge on any atom is 0.234 e. The number of hydrogen-bond donors (Lipinski definition) is 2. The molecule has 0 aliphatic carbocycles. The van der Waals surface area contributed by atoms with E-state index in [1.807, 2.05) is 32.0 Å². The molecule has 0 spiro atoms. The monoisotopic (exact) mass is 222 g/mol. The molecule has 1 amide bonds. The number of carbonyl (C=O) groups excluding carboxylic acids is 1. The van der Waals surface area contributed by atoms with Gasteiger partial charge in [0.25, 0.3) is 0 Å². The Hall–Kier alpha value is -1.55. The SMILES string of the molecule is CCOc1ccc(CC(N)C(N)=O)cc1C. The Kier molecular flexibility index (Phi) is 4.31. The molecular formula is C12H18N2O2. The molecule has 88 valence electrons. The lowest BCUT2D eigenvalue weighted by atomic mass is 10.0. The number of rotatable bonds is 5. The van der Waals surface area contributed by atoms with Crippen molar-refractivity contribution >= 4 is 5.91 Å². The Bertz CT molecular complexity index is 377. The van der Waals surface area contributed by atoms with Crippen LogP contribution < -0.4 is 16.2 Å². The van der Waals surface area contributed by atoms with Gasteiger partial charge in [-0.2, -0.15) is 0 Å². The van der Waals surface area contributed by atoms with Crippen molar-refractivity contribution in [3.8, 4) is 5.75 Å². The Balaban J connectivity index is 2.77. The van der Waals surface area contributed by atoms with Gasteiger partial charge in [0.1, 0.15) is 5.75 Å². The lowest BCUT2D eigenvalue weighted by Gasteiger charge is -2.11. The molecule has 0 aromatic heterocycles. The van der Waals surface area contributed by atoms with Gasteiger partial charge < -0.3 is 16.2 Å². The van der Waals surface area contributed by atoms with Crippen LogP contribution in [0.2, 0.25) is 0 Å². The second kappa shape index (κ2) is 5.51. The van der Waals surface area contributed by atoms with Gasteiger partial charge in [-0.3, -0.25) is 4.79 Å². The summed E-state index contributed by atoms with van der Waals surface area (Å²) in [6, 6.07) is 5.13. The predicted molar refractivity (Wildman–Crippen MR) is 63.2 cm³/mol. The summed E-state index contributed by atoms with van der Waals surface area (Å²) >= 11 is 0. The van der Waals surface area contributed by atoms with E-state index in [0.29, 0.717) is 13.0 Å². The normalized spacial score (nSPS) is 12.2. The first-order valence-electron chi connectivity index (χ1n) is 5.31. The van der Waals surface area contributed by atoms with Crippen molar-refractivity contribution < 1.29 is 9.53 Å². The Morgan fingerprint density at radius 1 is 1.50 bits per heavy atom. The Morgan fingerprint density at radius 3 is 2.69 bits per heavy atom. The van der Waals surface area contributed by atoms with Gasteiger partial charge in [-0.1, -0.05) is 12.1 Å². The second-order valence-electron chi connectivity index (χ2n) is 3.75. The van der Waals surface area contributed by atoms with Gasteiger partial charge in [-0.05, 0) is 37.5 Å². The molecule has 1 atom stereocenters. The lowest BCUT2D eigenvalue weighted by Crippen LogP contribution is -2.38. The highest BCUT2D eigenvalue weighted by atomic mass is 16.5. The first-order valence-corrected chi connectivity index (χ1v) is 5.31. The Labute approximate surface area is 95.6 Å². The molecule has 4 heteroatoms. The molecule has 0 heterocycles. The molecule has 4 nitrogen and oxygen atoms in total. The van der Waals surface area contributed by atoms with E-state index in [0.717, 1.165) is 16.9 Å². The fourth-order valence-corrected chi connectivity index (χ4v) is 1.51. The average Bonchev–Trinajstić information content (AvgIpc) is 2.22. The van der Waals surface area contributed by atoms with Crippen LogP contribution in [0.5, 0.6) is 5.75 Å². The fraction of sp³-hybridized carbons (Fsp3) is 0.417. The molecule has 0 fully saturated rings. The van der Waals surface area contributed by atoms with Crippen molar-refractivity contribution in [1.82, 2.24) is 0 Å². The third kappa shape index (κ3) is 3.24. The van der Waals surface area contributed by atoms with Crippen LogP contribution in [0.4, 0.5) is 0 Å². The largest absolute Gasteiger partial charge is 0.494 e. The van der Waals surface area contributed by atoms with Crippen LogP contribution in [-0.2, 0) is 11.2 Å². The van der Waals surface area contributed by atoms with E-state index in [2.05, 4.69) is 0 Å². The predicted octanol–water partition coefficient (Wildman–Crippen LogP) is 0.749. The molecule has 0 saturated carbocycles. The van der Waals surface area contributed by atoms with E-state index >= 15 is 0 Å². The van der Waals surface area contributed by atoms with Gasteiger partial charge in [0.2, 0.25) is 5.91 Å². The minimum absolute atomic E-state index is 0.461. The zero-order chi connectivity index (χ0) is 12.1. The molecular weight excluding hydrogens is 204 g/mol. The maximum atomic E-state index is 10.8. The smallest absolute Gasteiger partial charge is 0.234 e. The number of benzene rings is 1. The number of carbonyl (C=O) groups is 1. The minimum Gasteiger partial charge on any atom is -0.494 e. The first kappa shape index (κ1) is 12.5. The highest BCUT2D eigenvalue weighted by Gasteiger charge is 2.10. The summed E-state index contributed by atoms with van der Waals surface area (Å²) < 4.78 is 5.42. The maximum absolute atomic E-state index is 10.8. The standard InChI is InChI=1S/C12H18N2O2/c1-3-16-11-5-4-9(6-8(11)2)7-10(13)12(14)15/h4-6,10H,3,7,13H2,1-2H3,(H2,14,15). The van der Waals surface area contributed by atoms with Gasteiger partial charge in [-0.15, -0.1) is 0 Å². The van der Waals surface area contributed by atoms with Gasteiger partial charge >= 0.3 is 0 Å². The van der Waals surface area contributed by atoms with E-state index in [9.17, 15) is 4.79 Å². The van der Waals surface area contributed by atoms with E-state index in [-0.39, 0.29) is 0 Å². The van der Waals surface area contributed by atoms with Crippen molar-refractivity contribution in [2.24, 2.45) is 11.5 Å². The summed E-state index contributed by atoms with van der Waals surface area (Å²) in [4.78, 5) is 10.8. The number of nitrogens with two attached hydrogens (primary N) is 2. The average molecular weight is 222 g/mol. The van der Waals surface area contributed by atoms with Crippen LogP contribution in [0, 0.1) is 6.92 Å². The molecule has 1 rings (SSSR count). The Morgan fingerprint density at radius 2 is 2.19 bits per heavy atom. The summed E-state index contributed by atoms with van der Waals surface area (Å²) in [6.07, 6.45) is 0.461. The van der Waals surface area contributed by atoms with E-state index in [4.69, 9.17) is 16.2 Å². The van der Waals surface area contributed by atoms with Crippen molar-refractivity contribution in [2.75, 3.05) is 6.61 Å². The quantitative estimate of drug-likeness (QED) is 0.771. The summed E-state index contributed by atoms with van der Waals surface area (Å²) in [7, 11) is 0. The number of aryl methyl sites for hydroxylation is 1. The zero-order valence-corrected chi connectivity index (χ0v) is 9.69. The summed E-state index contributed by atoms with van der Waals surface area (Å²) in [5, 5.41) is 0. The van der Waals surface area contributed by atoms with Crippen LogP contribution >= 0.6 is 0 Å². The zero-order valence-electron chi connectivity index (χ0n) is 9.69. The van der Waals surface area contributed by atoms with E-state index in [1.165, 1.54) is 0 Å². The first-order chi connectivity index (χ1) is 7.54. The molecule has 1 unspecified atom stereocenters. The van der Waals surface area contributed by atoms with Crippen LogP contribution in [-0.4, -0.2) is 18.6 Å². The number of hydrogen-bond acceptors (Lipinski definition) is 3. The summed E-state index contributed by atoms with van der Waals surface area (Å²) in [6.45, 7) is 4.54. The van der Waals surface area contributed by atoms with Crippen LogP contribution in [0.25, 0.3) is 0 Å². The third-order valence-electron chi connectivity index (χ3n) is 2.36. The van der Waals surface area contributed by atoms with Gasteiger partial charge in [0.15, 0.2) is 0 Å². The third-order valence-corrected chi connectivity index (χ3v) is 2.36. The molecule has 0 saturated heterocycles. The lowest BCUT2D eigenvalue weighted by molar-refractivity contribution is -0.119. The van der Waals surface area contributed by atoms with Gasteiger partial charge in [0.05, 0.1) is 12.6 Å². The van der Waals surface area contributed by atoms with E-state index in [1.54, 1.807) is 0 Å². The minimum atomic E-state index is -0.627. The molecule has 1 aromatic rings. The van der Waals surface area contributed by atoms with Gasteiger partial charge in [-0.25, -0.2) is 0 Å². The molecule has 0 radical (unpaired) electrons. The van der Waals surface area contributed by atoms with Crippen LogP contribution in [0.1, 0.15) is 18.1 Å². The molecule has 0 aliphatic rings. The van der Waals surface area contributed by atoms with Crippen molar-refractivity contribution in [3.05, 3.63) is 29.3 Å². The molecule has 1 aromatic carbocycles. The summed E-state index contributed by atoms with van der Waals surface area (Å²) in [5.41, 5.74) is 12.7. The molecule has 0 bridgehead atoms. The highest BCUT2D eigenvalue weighted by molar-refractivity contribution is 5.79. The van der Waals surface area contributed by atoms with Gasteiger partial charge in [0, 0.05) is 0 Å². The molecule has 16 heavy (non-hydrogen) atoms. The number of ether oxygens (including phenoxy) is 1.